The Hall–Kier alpha value is -2.28. The summed E-state index contributed by atoms with van der Waals surface area (Å²) in [7, 11) is 0. The lowest BCUT2D eigenvalue weighted by atomic mass is 9.66. The number of nitrogens with zero attached hydrogens (tertiary/aromatic N) is 2. The molecule has 4 heterocycles. The molecule has 0 saturated carbocycles. The van der Waals surface area contributed by atoms with Crippen LogP contribution in [0.15, 0.2) is 59.5 Å². The molecule has 2 atom stereocenters. The van der Waals surface area contributed by atoms with Gasteiger partial charge in [0.2, 0.25) is 0 Å². The van der Waals surface area contributed by atoms with Crippen LogP contribution in [0, 0.1) is 5.41 Å². The molecule has 0 radical (unpaired) electrons. The van der Waals surface area contributed by atoms with E-state index in [1.165, 1.54) is 52.1 Å². The van der Waals surface area contributed by atoms with Gasteiger partial charge in [-0.05, 0) is 86.6 Å². The van der Waals surface area contributed by atoms with E-state index in [-0.39, 0.29) is 5.41 Å². The highest BCUT2D eigenvalue weighted by Crippen LogP contribution is 2.56. The van der Waals surface area contributed by atoms with Crippen LogP contribution in [0.3, 0.4) is 0 Å². The normalized spacial score (nSPS) is 23.4. The summed E-state index contributed by atoms with van der Waals surface area (Å²) in [4.78, 5) is 3.97. The Morgan fingerprint density at radius 3 is 2.79 bits per heavy atom. The van der Waals surface area contributed by atoms with Crippen LogP contribution in [0.4, 0.5) is 5.69 Å². The second kappa shape index (κ2) is 8.74. The summed E-state index contributed by atoms with van der Waals surface area (Å²) in [6.07, 6.45) is 9.38. The molecule has 6 rings (SSSR count). The largest absolute Gasteiger partial charge is 0.464 e. The quantitative estimate of drug-likeness (QED) is 0.317. The molecule has 3 aliphatic rings. The zero-order chi connectivity index (χ0) is 23.3. The number of anilines is 1. The van der Waals surface area contributed by atoms with Crippen LogP contribution in [0.1, 0.15) is 43.5 Å². The van der Waals surface area contributed by atoms with E-state index in [1.807, 2.05) is 12.1 Å². The first-order chi connectivity index (χ1) is 16.6. The van der Waals surface area contributed by atoms with E-state index in [0.717, 1.165) is 25.1 Å². The van der Waals surface area contributed by atoms with Crippen LogP contribution >= 0.6 is 24.0 Å². The summed E-state index contributed by atoms with van der Waals surface area (Å²) < 4.78 is 8.68. The maximum atomic E-state index is 6.18. The molecule has 0 bridgehead atoms. The molecule has 3 aliphatic heterocycles. The van der Waals surface area contributed by atoms with Crippen LogP contribution in [-0.2, 0) is 11.2 Å². The van der Waals surface area contributed by atoms with Crippen molar-refractivity contribution in [3.05, 3.63) is 65.9 Å². The highest BCUT2D eigenvalue weighted by atomic mass is 32.2. The number of ether oxygens (including phenoxy) is 1. The highest BCUT2D eigenvalue weighted by molar-refractivity contribution is 7.98. The number of nitrogens with one attached hydrogen (secondary N) is 1. The Kier molecular flexibility index (Phi) is 5.71. The minimum Gasteiger partial charge on any atom is -0.464 e. The molecule has 34 heavy (non-hydrogen) atoms. The third kappa shape index (κ3) is 3.50. The van der Waals surface area contributed by atoms with Gasteiger partial charge in [-0.3, -0.25) is 4.90 Å². The number of piperidine rings is 1. The number of hydrogen-bond acceptors (Lipinski definition) is 4. The predicted octanol–water partition coefficient (Wildman–Crippen LogP) is 6.72. The standard InChI is InChI=1S/C28H31N3OS2/c1-3-28-14-6-15-30-16-13-23-22-7-4-5-8-24(22)31(25(23)26(28)30)20(17-28)18-32-27(33)29-19-9-11-21(34-2)12-10-19/h4-5,7-12,17,26H,3,6,13-16,18H2,1-2H3,(H,29,33)/t26-,28+/m1/s1. The van der Waals surface area contributed by atoms with E-state index in [4.69, 9.17) is 17.0 Å². The SMILES string of the molecule is CC[C@@]12C=C(COC(=S)Nc3ccc(SC)cc3)n3c4c(c5ccccc53)CCN(CCC1)[C@H]42. The summed E-state index contributed by atoms with van der Waals surface area (Å²) in [5, 5.41) is 5.07. The number of thioether (sulfide) groups is 1. The van der Waals surface area contributed by atoms with Gasteiger partial charge in [-0.25, -0.2) is 0 Å². The number of para-hydroxylation sites is 1. The van der Waals surface area contributed by atoms with Crippen molar-refractivity contribution in [3.63, 3.8) is 0 Å². The fraction of sp³-hybridized carbons (Fsp3) is 0.393. The maximum absolute atomic E-state index is 6.18. The topological polar surface area (TPSA) is 29.4 Å². The van der Waals surface area contributed by atoms with E-state index < -0.39 is 0 Å². The van der Waals surface area contributed by atoms with E-state index >= 15 is 0 Å². The van der Waals surface area contributed by atoms with E-state index in [1.54, 1.807) is 11.8 Å². The molecule has 1 fully saturated rings. The number of fused-ring (bicyclic) bond motifs is 3. The predicted molar refractivity (Wildman–Crippen MR) is 147 cm³/mol. The van der Waals surface area contributed by atoms with Gasteiger partial charge < -0.3 is 14.6 Å². The number of thiocarbonyl (C=S) groups is 1. The van der Waals surface area contributed by atoms with Crippen LogP contribution in [0.5, 0.6) is 0 Å². The van der Waals surface area contributed by atoms with Crippen molar-refractivity contribution >= 4 is 51.4 Å². The first kappa shape index (κ1) is 22.2. The van der Waals surface area contributed by atoms with Crippen LogP contribution < -0.4 is 5.32 Å². The lowest BCUT2D eigenvalue weighted by Gasteiger charge is -2.53. The highest BCUT2D eigenvalue weighted by Gasteiger charge is 2.50. The van der Waals surface area contributed by atoms with Gasteiger partial charge in [0.25, 0.3) is 5.17 Å². The van der Waals surface area contributed by atoms with Crippen molar-refractivity contribution in [1.29, 1.82) is 0 Å². The number of aromatic nitrogens is 1. The third-order valence-electron chi connectivity index (χ3n) is 8.01. The average molecular weight is 490 g/mol. The summed E-state index contributed by atoms with van der Waals surface area (Å²) in [6.45, 7) is 5.19. The summed E-state index contributed by atoms with van der Waals surface area (Å²) in [5.41, 5.74) is 6.68. The summed E-state index contributed by atoms with van der Waals surface area (Å²) in [5.74, 6) is 0. The lowest BCUT2D eigenvalue weighted by molar-refractivity contribution is 0.0264. The molecule has 176 valence electrons. The van der Waals surface area contributed by atoms with E-state index in [2.05, 4.69) is 70.4 Å². The molecule has 0 spiro atoms. The molecule has 4 nitrogen and oxygen atoms in total. The Morgan fingerprint density at radius 1 is 1.18 bits per heavy atom. The summed E-state index contributed by atoms with van der Waals surface area (Å²) >= 11 is 7.32. The van der Waals surface area contributed by atoms with Crippen molar-refractivity contribution in [1.82, 2.24) is 9.47 Å². The van der Waals surface area contributed by atoms with Crippen molar-refractivity contribution in [2.45, 2.75) is 43.5 Å². The number of hydrogen-bond donors (Lipinski definition) is 1. The molecular weight excluding hydrogens is 458 g/mol. The molecule has 0 amide bonds. The molecule has 0 unspecified atom stereocenters. The Morgan fingerprint density at radius 2 is 2.00 bits per heavy atom. The van der Waals surface area contributed by atoms with Gasteiger partial charge in [0.1, 0.15) is 6.61 Å². The van der Waals surface area contributed by atoms with Gasteiger partial charge in [0.05, 0.1) is 17.3 Å². The molecule has 0 aliphatic carbocycles. The summed E-state index contributed by atoms with van der Waals surface area (Å²) in [6, 6.07) is 17.6. The van der Waals surface area contributed by atoms with Crippen LogP contribution in [-0.4, -0.2) is 40.6 Å². The van der Waals surface area contributed by atoms with Crippen molar-refractivity contribution in [2.24, 2.45) is 5.41 Å². The molecule has 2 aromatic carbocycles. The molecule has 1 aromatic heterocycles. The Bertz CT molecular complexity index is 1280. The van der Waals surface area contributed by atoms with Crippen molar-refractivity contribution in [3.8, 4) is 0 Å². The fourth-order valence-corrected chi connectivity index (χ4v) is 7.05. The molecule has 6 heteroatoms. The number of rotatable bonds is 5. The lowest BCUT2D eigenvalue weighted by Crippen LogP contribution is -2.50. The number of benzene rings is 2. The van der Waals surface area contributed by atoms with Crippen LogP contribution in [0.25, 0.3) is 16.6 Å². The second-order valence-corrected chi connectivity index (χ2v) is 10.9. The zero-order valence-electron chi connectivity index (χ0n) is 19.8. The monoisotopic (exact) mass is 489 g/mol. The first-order valence-corrected chi connectivity index (χ1v) is 13.9. The van der Waals surface area contributed by atoms with Gasteiger partial charge >= 0.3 is 0 Å². The van der Waals surface area contributed by atoms with Crippen molar-refractivity contribution in [2.75, 3.05) is 31.3 Å². The smallest absolute Gasteiger partial charge is 0.261 e. The molecular formula is C28H31N3OS2. The van der Waals surface area contributed by atoms with Gasteiger partial charge in [-0.1, -0.05) is 31.2 Å². The minimum atomic E-state index is 0.166. The van der Waals surface area contributed by atoms with Gasteiger partial charge in [0, 0.05) is 33.6 Å². The van der Waals surface area contributed by atoms with Crippen LogP contribution in [0.2, 0.25) is 0 Å². The molecule has 1 N–H and O–H groups in total. The van der Waals surface area contributed by atoms with Crippen molar-refractivity contribution < 1.29 is 4.74 Å². The van der Waals surface area contributed by atoms with Gasteiger partial charge in [0.15, 0.2) is 0 Å². The third-order valence-corrected chi connectivity index (χ3v) is 8.98. The van der Waals surface area contributed by atoms with Gasteiger partial charge in [-0.2, -0.15) is 0 Å². The molecule has 1 saturated heterocycles. The molecule has 3 aromatic rings. The Labute approximate surface area is 211 Å². The van der Waals surface area contributed by atoms with Gasteiger partial charge in [-0.15, -0.1) is 11.8 Å². The fourth-order valence-electron chi connectivity index (χ4n) is 6.46. The first-order valence-electron chi connectivity index (χ1n) is 12.3. The Balaban J connectivity index is 1.35. The maximum Gasteiger partial charge on any atom is 0.261 e. The minimum absolute atomic E-state index is 0.166. The van der Waals surface area contributed by atoms with E-state index in [0.29, 0.717) is 17.8 Å². The average Bonchev–Trinajstić information content (AvgIpc) is 3.22. The van der Waals surface area contributed by atoms with E-state index in [9.17, 15) is 0 Å². The zero-order valence-corrected chi connectivity index (χ0v) is 21.5. The second-order valence-electron chi connectivity index (χ2n) is 9.66.